The minimum absolute atomic E-state index is 0.0392. The van der Waals surface area contributed by atoms with Crippen molar-refractivity contribution in [1.82, 2.24) is 4.90 Å². The predicted octanol–water partition coefficient (Wildman–Crippen LogP) is 2.82. The Morgan fingerprint density at radius 3 is 2.36 bits per heavy atom. The molecule has 4 rings (SSSR count). The van der Waals surface area contributed by atoms with Gasteiger partial charge in [-0.25, -0.2) is 4.79 Å². The van der Waals surface area contributed by atoms with Crippen molar-refractivity contribution in [1.29, 1.82) is 0 Å². The summed E-state index contributed by atoms with van der Waals surface area (Å²) in [7, 11) is 0. The van der Waals surface area contributed by atoms with Gasteiger partial charge in [-0.2, -0.15) is 0 Å². The molecule has 1 aliphatic heterocycles. The molecule has 1 fully saturated rings. The lowest BCUT2D eigenvalue weighted by Gasteiger charge is -2.36. The van der Waals surface area contributed by atoms with Crippen molar-refractivity contribution in [3.05, 3.63) is 70.6 Å². The molecule has 2 aromatic carbocycles. The molecule has 0 atom stereocenters. The van der Waals surface area contributed by atoms with Gasteiger partial charge in [0, 0.05) is 38.4 Å². The predicted molar refractivity (Wildman–Crippen MR) is 98.1 cm³/mol. The minimum atomic E-state index is -0.457. The van der Waals surface area contributed by atoms with Crippen LogP contribution in [0.5, 0.6) is 5.75 Å². The standard InChI is InChI=1S/C20H20N2O3/c23-19-16-8-4-5-9-18(16)25-20(24)17(19)14-21-10-12-22(13-11-21)15-6-2-1-3-7-15/h1-9,23H,10-14H2. The highest BCUT2D eigenvalue weighted by molar-refractivity contribution is 5.83. The van der Waals surface area contributed by atoms with Crippen LogP contribution in [0.3, 0.4) is 0 Å². The average Bonchev–Trinajstić information content (AvgIpc) is 2.66. The van der Waals surface area contributed by atoms with Crippen LogP contribution in [0.25, 0.3) is 11.0 Å². The van der Waals surface area contributed by atoms with Crippen LogP contribution in [0.2, 0.25) is 0 Å². The SMILES string of the molecule is O=c1oc2ccccc2c(O)c1CN1CCN(c2ccccc2)CC1. The van der Waals surface area contributed by atoms with E-state index in [0.717, 1.165) is 26.2 Å². The highest BCUT2D eigenvalue weighted by Crippen LogP contribution is 2.27. The maximum atomic E-state index is 12.2. The third-order valence-electron chi connectivity index (χ3n) is 4.75. The van der Waals surface area contributed by atoms with E-state index >= 15 is 0 Å². The number of anilines is 1. The fraction of sp³-hybridized carbons (Fsp3) is 0.250. The van der Waals surface area contributed by atoms with E-state index in [1.165, 1.54) is 5.69 Å². The second-order valence-corrected chi connectivity index (χ2v) is 6.31. The third kappa shape index (κ3) is 3.10. The Bertz CT molecular complexity index is 929. The van der Waals surface area contributed by atoms with Gasteiger partial charge in [-0.1, -0.05) is 30.3 Å². The highest BCUT2D eigenvalue weighted by Gasteiger charge is 2.21. The Balaban J connectivity index is 1.51. The minimum Gasteiger partial charge on any atom is -0.507 e. The topological polar surface area (TPSA) is 56.9 Å². The van der Waals surface area contributed by atoms with Crippen LogP contribution in [0.15, 0.2) is 63.8 Å². The molecule has 2 heterocycles. The summed E-state index contributed by atoms with van der Waals surface area (Å²) in [6.07, 6.45) is 0. The first-order valence-corrected chi connectivity index (χ1v) is 8.48. The van der Waals surface area contributed by atoms with Crippen LogP contribution < -0.4 is 10.5 Å². The zero-order valence-electron chi connectivity index (χ0n) is 13.9. The molecule has 128 valence electrons. The summed E-state index contributed by atoms with van der Waals surface area (Å²) < 4.78 is 5.35. The summed E-state index contributed by atoms with van der Waals surface area (Å²) in [5, 5.41) is 11.1. The zero-order valence-corrected chi connectivity index (χ0v) is 13.9. The fourth-order valence-electron chi connectivity index (χ4n) is 3.34. The monoisotopic (exact) mass is 336 g/mol. The number of hydrogen-bond acceptors (Lipinski definition) is 5. The second kappa shape index (κ2) is 6.61. The fourth-order valence-corrected chi connectivity index (χ4v) is 3.34. The van der Waals surface area contributed by atoms with Crippen molar-refractivity contribution in [2.75, 3.05) is 31.1 Å². The van der Waals surface area contributed by atoms with E-state index < -0.39 is 5.63 Å². The van der Waals surface area contributed by atoms with Gasteiger partial charge in [0.15, 0.2) is 0 Å². The molecule has 0 bridgehead atoms. The van der Waals surface area contributed by atoms with Gasteiger partial charge in [-0.05, 0) is 24.3 Å². The van der Waals surface area contributed by atoms with Crippen LogP contribution >= 0.6 is 0 Å². The second-order valence-electron chi connectivity index (χ2n) is 6.31. The number of rotatable bonds is 3. The molecule has 0 spiro atoms. The average molecular weight is 336 g/mol. The molecule has 1 saturated heterocycles. The van der Waals surface area contributed by atoms with Crippen molar-refractivity contribution in [2.45, 2.75) is 6.54 Å². The van der Waals surface area contributed by atoms with Gasteiger partial charge in [0.05, 0.1) is 10.9 Å². The zero-order chi connectivity index (χ0) is 17.2. The first kappa shape index (κ1) is 15.7. The van der Waals surface area contributed by atoms with Crippen molar-refractivity contribution in [3.8, 4) is 5.75 Å². The van der Waals surface area contributed by atoms with Gasteiger partial charge >= 0.3 is 5.63 Å². The lowest BCUT2D eigenvalue weighted by atomic mass is 10.1. The summed E-state index contributed by atoms with van der Waals surface area (Å²) in [4.78, 5) is 16.8. The summed E-state index contributed by atoms with van der Waals surface area (Å²) in [6, 6.07) is 17.4. The van der Waals surface area contributed by atoms with E-state index in [0.29, 0.717) is 23.1 Å². The molecule has 25 heavy (non-hydrogen) atoms. The van der Waals surface area contributed by atoms with Gasteiger partial charge < -0.3 is 14.4 Å². The molecule has 0 saturated carbocycles. The summed E-state index contributed by atoms with van der Waals surface area (Å²) >= 11 is 0. The number of nitrogens with zero attached hydrogens (tertiary/aromatic N) is 2. The molecule has 1 aromatic heterocycles. The molecule has 0 aliphatic carbocycles. The van der Waals surface area contributed by atoms with E-state index in [1.54, 1.807) is 18.2 Å². The summed E-state index contributed by atoms with van der Waals surface area (Å²) in [5.74, 6) is 0.0392. The number of hydrogen-bond donors (Lipinski definition) is 1. The van der Waals surface area contributed by atoms with E-state index in [1.807, 2.05) is 24.3 Å². The van der Waals surface area contributed by atoms with Crippen LogP contribution in [-0.2, 0) is 6.54 Å². The number of piperazine rings is 1. The summed E-state index contributed by atoms with van der Waals surface area (Å²) in [6.45, 7) is 3.86. The molecule has 5 heteroatoms. The van der Waals surface area contributed by atoms with Crippen LogP contribution in [0.1, 0.15) is 5.56 Å². The Hall–Kier alpha value is -2.79. The quantitative estimate of drug-likeness (QED) is 0.746. The van der Waals surface area contributed by atoms with Gasteiger partial charge in [-0.15, -0.1) is 0 Å². The molecule has 0 radical (unpaired) electrons. The summed E-state index contributed by atoms with van der Waals surface area (Å²) in [5.41, 5.74) is 1.52. The number of fused-ring (bicyclic) bond motifs is 1. The number of para-hydroxylation sites is 2. The van der Waals surface area contributed by atoms with Crippen molar-refractivity contribution in [2.24, 2.45) is 0 Å². The maximum Gasteiger partial charge on any atom is 0.344 e. The first-order valence-electron chi connectivity index (χ1n) is 8.48. The molecule has 0 unspecified atom stereocenters. The molecule has 1 aliphatic rings. The smallest absolute Gasteiger partial charge is 0.344 e. The van der Waals surface area contributed by atoms with Gasteiger partial charge in [0.25, 0.3) is 0 Å². The largest absolute Gasteiger partial charge is 0.507 e. The van der Waals surface area contributed by atoms with Crippen LogP contribution in [0, 0.1) is 0 Å². The van der Waals surface area contributed by atoms with E-state index in [9.17, 15) is 9.90 Å². The van der Waals surface area contributed by atoms with E-state index in [-0.39, 0.29) is 5.75 Å². The van der Waals surface area contributed by atoms with Gasteiger partial charge in [0.2, 0.25) is 0 Å². The molecule has 3 aromatic rings. The molecule has 1 N–H and O–H groups in total. The molecular weight excluding hydrogens is 316 g/mol. The number of aromatic hydroxyl groups is 1. The van der Waals surface area contributed by atoms with Crippen LogP contribution in [0.4, 0.5) is 5.69 Å². The Morgan fingerprint density at radius 1 is 0.920 bits per heavy atom. The van der Waals surface area contributed by atoms with E-state index in [4.69, 9.17) is 4.42 Å². The lowest BCUT2D eigenvalue weighted by Crippen LogP contribution is -2.46. The normalized spacial score (nSPS) is 15.6. The van der Waals surface area contributed by atoms with Crippen molar-refractivity contribution < 1.29 is 9.52 Å². The van der Waals surface area contributed by atoms with Gasteiger partial charge in [-0.3, -0.25) is 4.90 Å². The van der Waals surface area contributed by atoms with Crippen LogP contribution in [-0.4, -0.2) is 36.2 Å². The van der Waals surface area contributed by atoms with Crippen molar-refractivity contribution >= 4 is 16.7 Å². The van der Waals surface area contributed by atoms with Crippen molar-refractivity contribution in [3.63, 3.8) is 0 Å². The molecular formula is C20H20N2O3. The molecule has 5 nitrogen and oxygen atoms in total. The Labute approximate surface area is 145 Å². The first-order chi connectivity index (χ1) is 12.2. The third-order valence-corrected chi connectivity index (χ3v) is 4.75. The lowest BCUT2D eigenvalue weighted by molar-refractivity contribution is 0.243. The Morgan fingerprint density at radius 2 is 1.60 bits per heavy atom. The highest BCUT2D eigenvalue weighted by atomic mass is 16.4. The van der Waals surface area contributed by atoms with E-state index in [2.05, 4.69) is 21.9 Å². The molecule has 0 amide bonds. The Kier molecular flexibility index (Phi) is 4.15. The van der Waals surface area contributed by atoms with Gasteiger partial charge in [0.1, 0.15) is 11.3 Å². The number of benzene rings is 2. The maximum absolute atomic E-state index is 12.2.